The van der Waals surface area contributed by atoms with Gasteiger partial charge in [-0.25, -0.2) is 0 Å². The van der Waals surface area contributed by atoms with Crippen molar-refractivity contribution >= 4 is 46.7 Å². The number of benzene rings is 2. The van der Waals surface area contributed by atoms with Crippen LogP contribution >= 0.6 is 23.5 Å². The Hall–Kier alpha value is -2.32. The van der Waals surface area contributed by atoms with Gasteiger partial charge >= 0.3 is 0 Å². The van der Waals surface area contributed by atoms with Gasteiger partial charge in [-0.1, -0.05) is 163 Å². The van der Waals surface area contributed by atoms with E-state index in [0.717, 1.165) is 75.5 Å². The zero-order chi connectivity index (χ0) is 45.6. The van der Waals surface area contributed by atoms with Crippen molar-refractivity contribution < 1.29 is 19.8 Å². The van der Waals surface area contributed by atoms with E-state index in [1.807, 2.05) is 65.4 Å². The number of rotatable bonds is 32. The fourth-order valence-electron chi connectivity index (χ4n) is 7.68. The molecule has 2 aromatic rings. The zero-order valence-electron chi connectivity index (χ0n) is 41.1. The standard InChI is InChI=1S/C27H47NO2S.C26H45NO2S/c1-6-8-10-11-12-13-14-15-16-17-19-31-25(18-9-7-2)27(30)28-24-20-21(3)26(29)23(5)22(24)4;1-7-8-9-10-11-12-13-14-15-16-17-30-25(19(2)3)26(29)27-23-18-20(4)24(28)22(6)21(23)5/h20,25,29H,6-19H2,1-5H3,(H,28,30);18-19,25,28H,7-17H2,1-6H3,(H,27,29). The minimum Gasteiger partial charge on any atom is -0.507 e. The highest BCUT2D eigenvalue weighted by Gasteiger charge is 2.24. The van der Waals surface area contributed by atoms with E-state index < -0.39 is 0 Å². The summed E-state index contributed by atoms with van der Waals surface area (Å²) in [4.78, 5) is 25.9. The third-order valence-electron chi connectivity index (χ3n) is 12.2. The van der Waals surface area contributed by atoms with Crippen LogP contribution in [0.15, 0.2) is 12.1 Å². The van der Waals surface area contributed by atoms with Gasteiger partial charge < -0.3 is 20.8 Å². The Morgan fingerprint density at radius 3 is 1.21 bits per heavy atom. The number of phenolic OH excluding ortho intramolecular Hbond substituents is 2. The molecule has 2 aromatic carbocycles. The first-order valence-corrected chi connectivity index (χ1v) is 26.8. The van der Waals surface area contributed by atoms with Crippen molar-refractivity contribution in [2.24, 2.45) is 5.92 Å². The number of aryl methyl sites for hydroxylation is 2. The van der Waals surface area contributed by atoms with Crippen LogP contribution in [-0.2, 0) is 9.59 Å². The summed E-state index contributed by atoms with van der Waals surface area (Å²) in [5, 5.41) is 26.4. The van der Waals surface area contributed by atoms with Crippen LogP contribution in [-0.4, -0.2) is 44.0 Å². The van der Waals surface area contributed by atoms with Crippen molar-refractivity contribution in [1.82, 2.24) is 0 Å². The van der Waals surface area contributed by atoms with Gasteiger partial charge in [0.05, 0.1) is 10.5 Å². The summed E-state index contributed by atoms with van der Waals surface area (Å²) in [5.74, 6) is 3.23. The molecule has 0 saturated heterocycles. The molecule has 0 aliphatic rings. The molecule has 0 aliphatic carbocycles. The zero-order valence-corrected chi connectivity index (χ0v) is 42.7. The van der Waals surface area contributed by atoms with Crippen molar-refractivity contribution in [3.05, 3.63) is 45.5 Å². The molecule has 2 amide bonds. The van der Waals surface area contributed by atoms with Crippen LogP contribution < -0.4 is 10.6 Å². The van der Waals surface area contributed by atoms with Crippen LogP contribution in [0.3, 0.4) is 0 Å². The molecule has 0 aromatic heterocycles. The summed E-state index contributed by atoms with van der Waals surface area (Å²) in [6, 6.07) is 3.76. The second-order valence-electron chi connectivity index (χ2n) is 18.1. The Balaban J connectivity index is 0.000000610. The normalized spacial score (nSPS) is 12.3. The molecule has 0 spiro atoms. The van der Waals surface area contributed by atoms with E-state index in [1.54, 1.807) is 11.8 Å². The van der Waals surface area contributed by atoms with Gasteiger partial charge in [0.1, 0.15) is 11.5 Å². The lowest BCUT2D eigenvalue weighted by molar-refractivity contribution is -0.116. The number of hydrogen-bond donors (Lipinski definition) is 4. The van der Waals surface area contributed by atoms with E-state index in [4.69, 9.17) is 0 Å². The van der Waals surface area contributed by atoms with Crippen LogP contribution in [0.4, 0.5) is 11.4 Å². The number of unbranched alkanes of at least 4 members (excludes halogenated alkanes) is 19. The lowest BCUT2D eigenvalue weighted by Crippen LogP contribution is -2.30. The molecule has 2 atom stereocenters. The molecular weight excluding hydrogens is 793 g/mol. The Kier molecular flexibility index (Phi) is 31.7. The Morgan fingerprint density at radius 2 is 0.836 bits per heavy atom. The Labute approximate surface area is 384 Å². The van der Waals surface area contributed by atoms with E-state index >= 15 is 0 Å². The molecular formula is C53H92N2O4S2. The summed E-state index contributed by atoms with van der Waals surface area (Å²) >= 11 is 3.61. The van der Waals surface area contributed by atoms with Gasteiger partial charge in [0.15, 0.2) is 0 Å². The monoisotopic (exact) mass is 885 g/mol. The van der Waals surface area contributed by atoms with E-state index in [0.29, 0.717) is 11.5 Å². The molecule has 61 heavy (non-hydrogen) atoms. The fourth-order valence-corrected chi connectivity index (χ4v) is 10.1. The van der Waals surface area contributed by atoms with Crippen LogP contribution in [0.1, 0.15) is 216 Å². The van der Waals surface area contributed by atoms with Gasteiger partial charge in [0.25, 0.3) is 0 Å². The van der Waals surface area contributed by atoms with Crippen molar-refractivity contribution in [3.8, 4) is 11.5 Å². The fraction of sp³-hybridized carbons (Fsp3) is 0.736. The van der Waals surface area contributed by atoms with Crippen molar-refractivity contribution in [2.45, 2.75) is 234 Å². The molecule has 4 N–H and O–H groups in total. The highest BCUT2D eigenvalue weighted by molar-refractivity contribution is 8.00. The van der Waals surface area contributed by atoms with Crippen LogP contribution in [0.2, 0.25) is 0 Å². The SMILES string of the molecule is CCCCCCCCCCCCSC(C(=O)Nc1cc(C)c(O)c(C)c1C)C(C)C.CCCCCCCCCCCCSC(CCCC)C(=O)Nc1cc(C)c(O)c(C)c1C. The maximum absolute atomic E-state index is 13.0. The summed E-state index contributed by atoms with van der Waals surface area (Å²) < 4.78 is 0. The van der Waals surface area contributed by atoms with E-state index in [9.17, 15) is 19.8 Å². The van der Waals surface area contributed by atoms with Crippen LogP contribution in [0.25, 0.3) is 0 Å². The number of hydrogen-bond acceptors (Lipinski definition) is 6. The third kappa shape index (κ3) is 23.3. The minimum atomic E-state index is -0.0441. The Bertz CT molecular complexity index is 1510. The van der Waals surface area contributed by atoms with E-state index in [-0.39, 0.29) is 28.2 Å². The molecule has 6 nitrogen and oxygen atoms in total. The second kappa shape index (κ2) is 34.1. The molecule has 0 bridgehead atoms. The number of nitrogens with one attached hydrogen (secondary N) is 2. The molecule has 350 valence electrons. The van der Waals surface area contributed by atoms with Crippen LogP contribution in [0.5, 0.6) is 11.5 Å². The topological polar surface area (TPSA) is 98.7 Å². The predicted octanol–water partition coefficient (Wildman–Crippen LogP) is 16.4. The number of carbonyl (C=O) groups is 2. The van der Waals surface area contributed by atoms with Gasteiger partial charge in [-0.2, -0.15) is 0 Å². The van der Waals surface area contributed by atoms with E-state index in [2.05, 4.69) is 45.3 Å². The number of thioether (sulfide) groups is 2. The highest BCUT2D eigenvalue weighted by Crippen LogP contribution is 2.33. The number of amides is 2. The van der Waals surface area contributed by atoms with Gasteiger partial charge in [-0.3, -0.25) is 9.59 Å². The molecule has 0 fully saturated rings. The first kappa shape index (κ1) is 56.7. The van der Waals surface area contributed by atoms with Crippen molar-refractivity contribution in [1.29, 1.82) is 0 Å². The molecule has 8 heteroatoms. The van der Waals surface area contributed by atoms with Crippen molar-refractivity contribution in [2.75, 3.05) is 22.1 Å². The number of aromatic hydroxyl groups is 2. The second-order valence-corrected chi connectivity index (χ2v) is 20.6. The summed E-state index contributed by atoms with van der Waals surface area (Å²) in [5.41, 5.74) is 6.83. The first-order valence-electron chi connectivity index (χ1n) is 24.7. The lowest BCUT2D eigenvalue weighted by Gasteiger charge is -2.21. The average molecular weight is 885 g/mol. The van der Waals surface area contributed by atoms with Crippen LogP contribution in [0, 0.1) is 47.5 Å². The largest absolute Gasteiger partial charge is 0.507 e. The molecule has 0 aliphatic heterocycles. The maximum atomic E-state index is 13.0. The third-order valence-corrected chi connectivity index (χ3v) is 15.2. The quantitative estimate of drug-likeness (QED) is 0.0432. The number of anilines is 2. The Morgan fingerprint density at radius 1 is 0.492 bits per heavy atom. The van der Waals surface area contributed by atoms with Gasteiger partial charge in [-0.15, -0.1) is 23.5 Å². The lowest BCUT2D eigenvalue weighted by atomic mass is 10.0. The minimum absolute atomic E-state index is 0.00679. The number of phenols is 2. The molecule has 2 rings (SSSR count). The maximum Gasteiger partial charge on any atom is 0.237 e. The van der Waals surface area contributed by atoms with Crippen molar-refractivity contribution in [3.63, 3.8) is 0 Å². The van der Waals surface area contributed by atoms with Gasteiger partial charge in [-0.05, 0) is 124 Å². The first-order chi connectivity index (χ1) is 29.2. The smallest absolute Gasteiger partial charge is 0.237 e. The summed E-state index contributed by atoms with van der Waals surface area (Å²) in [7, 11) is 0. The molecule has 0 saturated carbocycles. The summed E-state index contributed by atoms with van der Waals surface area (Å²) in [6.07, 6.45) is 29.9. The molecule has 0 radical (unpaired) electrons. The van der Waals surface area contributed by atoms with E-state index in [1.165, 1.54) is 128 Å². The highest BCUT2D eigenvalue weighted by atomic mass is 32.2. The molecule has 0 heterocycles. The number of carbonyl (C=O) groups excluding carboxylic acids is 2. The van der Waals surface area contributed by atoms with Gasteiger partial charge in [0.2, 0.25) is 11.8 Å². The van der Waals surface area contributed by atoms with Gasteiger partial charge in [0, 0.05) is 11.4 Å². The average Bonchev–Trinajstić information content (AvgIpc) is 3.23. The summed E-state index contributed by atoms with van der Waals surface area (Å²) in [6.45, 7) is 22.4. The predicted molar refractivity (Wildman–Crippen MR) is 272 cm³/mol. The molecule has 2 unspecified atom stereocenters.